The molecule has 1 N–H and O–H groups in total. The fourth-order valence-electron chi connectivity index (χ4n) is 2.71. The number of amides is 2. The van der Waals surface area contributed by atoms with E-state index in [9.17, 15) is 14.4 Å². The van der Waals surface area contributed by atoms with E-state index in [1.165, 1.54) is 7.11 Å². The number of hydrogen-bond acceptors (Lipinski definition) is 4. The molecule has 1 unspecified atom stereocenters. The molecular formula is C17H30N2O4. The molecule has 1 saturated heterocycles. The second-order valence-electron chi connectivity index (χ2n) is 7.57. The molecule has 2 amide bonds. The Balaban J connectivity index is 2.58. The molecule has 1 aliphatic rings. The zero-order valence-electron chi connectivity index (χ0n) is 15.1. The van der Waals surface area contributed by atoms with E-state index < -0.39 is 17.4 Å². The number of ether oxygens (including phenoxy) is 1. The van der Waals surface area contributed by atoms with Crippen LogP contribution in [0.3, 0.4) is 0 Å². The van der Waals surface area contributed by atoms with Gasteiger partial charge in [0.25, 0.3) is 0 Å². The molecule has 1 atom stereocenters. The molecule has 0 aliphatic carbocycles. The van der Waals surface area contributed by atoms with Crippen LogP contribution in [0.1, 0.15) is 47.5 Å². The highest BCUT2D eigenvalue weighted by Gasteiger charge is 2.34. The molecule has 0 aromatic rings. The lowest BCUT2D eigenvalue weighted by atomic mass is 9.90. The number of carbonyl (C=O) groups is 3. The van der Waals surface area contributed by atoms with Crippen molar-refractivity contribution in [2.75, 3.05) is 20.2 Å². The van der Waals surface area contributed by atoms with Crippen LogP contribution in [-0.2, 0) is 19.1 Å². The summed E-state index contributed by atoms with van der Waals surface area (Å²) in [5.74, 6) is -0.629. The number of likely N-dealkylation sites (tertiary alicyclic amines) is 1. The van der Waals surface area contributed by atoms with E-state index in [1.54, 1.807) is 0 Å². The maximum Gasteiger partial charge on any atom is 0.328 e. The first-order valence-electron chi connectivity index (χ1n) is 8.25. The minimum Gasteiger partial charge on any atom is -0.467 e. The molecule has 0 bridgehead atoms. The number of esters is 1. The van der Waals surface area contributed by atoms with Crippen molar-refractivity contribution in [3.05, 3.63) is 0 Å². The first-order chi connectivity index (χ1) is 10.6. The van der Waals surface area contributed by atoms with Crippen molar-refractivity contribution >= 4 is 17.8 Å². The summed E-state index contributed by atoms with van der Waals surface area (Å²) in [7, 11) is 1.32. The fourth-order valence-corrected chi connectivity index (χ4v) is 2.71. The smallest absolute Gasteiger partial charge is 0.328 e. The van der Waals surface area contributed by atoms with Crippen LogP contribution in [0.15, 0.2) is 0 Å². The van der Waals surface area contributed by atoms with Crippen molar-refractivity contribution in [1.29, 1.82) is 0 Å². The normalized spacial score (nSPS) is 17.8. The molecule has 1 rings (SSSR count). The minimum absolute atomic E-state index is 0.0334. The summed E-state index contributed by atoms with van der Waals surface area (Å²) in [6, 6.07) is -0.623. The lowest BCUT2D eigenvalue weighted by Gasteiger charge is -2.35. The van der Waals surface area contributed by atoms with Crippen LogP contribution >= 0.6 is 0 Å². The SMILES string of the molecule is COC(=O)C(NC(=O)C1CCN(C(=O)C(C)(C)C)CC1)C(C)C. The van der Waals surface area contributed by atoms with Gasteiger partial charge in [-0.05, 0) is 18.8 Å². The number of hydrogen-bond donors (Lipinski definition) is 1. The number of nitrogens with one attached hydrogen (secondary N) is 1. The lowest BCUT2D eigenvalue weighted by molar-refractivity contribution is -0.147. The van der Waals surface area contributed by atoms with Crippen LogP contribution in [0.5, 0.6) is 0 Å². The van der Waals surface area contributed by atoms with Gasteiger partial charge in [-0.15, -0.1) is 0 Å². The Labute approximate surface area is 138 Å². The van der Waals surface area contributed by atoms with Gasteiger partial charge in [0.2, 0.25) is 11.8 Å². The quantitative estimate of drug-likeness (QED) is 0.796. The second-order valence-corrected chi connectivity index (χ2v) is 7.57. The molecule has 1 aliphatic heterocycles. The summed E-state index contributed by atoms with van der Waals surface area (Å²) in [5.41, 5.74) is -0.400. The molecule has 0 radical (unpaired) electrons. The van der Waals surface area contributed by atoms with Crippen molar-refractivity contribution in [3.63, 3.8) is 0 Å². The molecule has 1 fully saturated rings. The number of rotatable bonds is 4. The highest BCUT2D eigenvalue weighted by molar-refractivity contribution is 5.86. The Bertz CT molecular complexity index is 446. The summed E-state index contributed by atoms with van der Waals surface area (Å²) >= 11 is 0. The van der Waals surface area contributed by atoms with Crippen LogP contribution in [0.4, 0.5) is 0 Å². The van der Waals surface area contributed by atoms with Crippen molar-refractivity contribution in [3.8, 4) is 0 Å². The predicted molar refractivity (Wildman–Crippen MR) is 87.5 cm³/mol. The van der Waals surface area contributed by atoms with E-state index >= 15 is 0 Å². The van der Waals surface area contributed by atoms with Gasteiger partial charge in [0.05, 0.1) is 7.11 Å². The molecule has 0 aromatic carbocycles. The summed E-state index contributed by atoms with van der Waals surface area (Å²) in [6.45, 7) is 10.6. The monoisotopic (exact) mass is 326 g/mol. The molecule has 0 aromatic heterocycles. The van der Waals surface area contributed by atoms with E-state index in [2.05, 4.69) is 5.32 Å². The number of carbonyl (C=O) groups excluding carboxylic acids is 3. The van der Waals surface area contributed by atoms with Crippen LogP contribution in [0, 0.1) is 17.3 Å². The Morgan fingerprint density at radius 1 is 1.13 bits per heavy atom. The van der Waals surface area contributed by atoms with Gasteiger partial charge >= 0.3 is 5.97 Å². The van der Waals surface area contributed by atoms with E-state index in [0.717, 1.165) is 0 Å². The Morgan fingerprint density at radius 2 is 1.65 bits per heavy atom. The zero-order chi connectivity index (χ0) is 17.8. The second kappa shape index (κ2) is 7.79. The van der Waals surface area contributed by atoms with E-state index in [-0.39, 0.29) is 23.7 Å². The van der Waals surface area contributed by atoms with Crippen LogP contribution < -0.4 is 5.32 Å². The fraction of sp³-hybridized carbons (Fsp3) is 0.824. The summed E-state index contributed by atoms with van der Waals surface area (Å²) in [4.78, 5) is 38.2. The average molecular weight is 326 g/mol. The minimum atomic E-state index is -0.623. The van der Waals surface area contributed by atoms with Gasteiger partial charge in [-0.25, -0.2) is 4.79 Å². The maximum absolute atomic E-state index is 12.4. The maximum atomic E-state index is 12.4. The van der Waals surface area contributed by atoms with Crippen molar-refractivity contribution < 1.29 is 19.1 Å². The van der Waals surface area contributed by atoms with Crippen LogP contribution in [0.2, 0.25) is 0 Å². The standard InChI is InChI=1S/C17H30N2O4/c1-11(2)13(15(21)23-6)18-14(20)12-7-9-19(10-8-12)16(22)17(3,4)5/h11-13H,7-10H2,1-6H3,(H,18,20). The molecule has 0 saturated carbocycles. The van der Waals surface area contributed by atoms with Gasteiger partial charge in [-0.2, -0.15) is 0 Å². The Kier molecular flexibility index (Phi) is 6.59. The summed E-state index contributed by atoms with van der Waals surface area (Å²) in [5, 5.41) is 2.79. The highest BCUT2D eigenvalue weighted by atomic mass is 16.5. The van der Waals surface area contributed by atoms with Gasteiger partial charge in [0, 0.05) is 24.4 Å². The van der Waals surface area contributed by atoms with Gasteiger partial charge in [0.1, 0.15) is 6.04 Å². The molecule has 23 heavy (non-hydrogen) atoms. The number of nitrogens with zero attached hydrogens (tertiary/aromatic N) is 1. The predicted octanol–water partition coefficient (Wildman–Crippen LogP) is 1.58. The van der Waals surface area contributed by atoms with Gasteiger partial charge in [-0.3, -0.25) is 9.59 Å². The number of piperidine rings is 1. The average Bonchev–Trinajstić information content (AvgIpc) is 2.49. The van der Waals surface area contributed by atoms with E-state index in [0.29, 0.717) is 25.9 Å². The molecule has 132 valence electrons. The van der Waals surface area contributed by atoms with Gasteiger partial charge in [-0.1, -0.05) is 34.6 Å². The summed E-state index contributed by atoms with van der Waals surface area (Å²) < 4.78 is 4.74. The van der Waals surface area contributed by atoms with Crippen molar-refractivity contribution in [2.24, 2.45) is 17.3 Å². The molecule has 6 heteroatoms. The Hall–Kier alpha value is -1.59. The Morgan fingerprint density at radius 3 is 2.04 bits per heavy atom. The van der Waals surface area contributed by atoms with Gasteiger partial charge in [0.15, 0.2) is 0 Å². The zero-order valence-corrected chi connectivity index (χ0v) is 15.1. The molecule has 6 nitrogen and oxygen atoms in total. The largest absolute Gasteiger partial charge is 0.467 e. The van der Waals surface area contributed by atoms with Crippen LogP contribution in [0.25, 0.3) is 0 Å². The van der Waals surface area contributed by atoms with E-state index in [1.807, 2.05) is 39.5 Å². The van der Waals surface area contributed by atoms with Gasteiger partial charge < -0.3 is 15.0 Å². The first kappa shape index (κ1) is 19.5. The summed E-state index contributed by atoms with van der Waals surface area (Å²) in [6.07, 6.45) is 1.25. The molecule has 0 spiro atoms. The van der Waals surface area contributed by atoms with Crippen molar-refractivity contribution in [1.82, 2.24) is 10.2 Å². The molecular weight excluding hydrogens is 296 g/mol. The number of methoxy groups -OCH3 is 1. The third-order valence-corrected chi connectivity index (χ3v) is 4.21. The van der Waals surface area contributed by atoms with Crippen molar-refractivity contribution in [2.45, 2.75) is 53.5 Å². The third kappa shape index (κ3) is 5.22. The lowest BCUT2D eigenvalue weighted by Crippen LogP contribution is -2.50. The topological polar surface area (TPSA) is 75.7 Å². The highest BCUT2D eigenvalue weighted by Crippen LogP contribution is 2.24. The van der Waals surface area contributed by atoms with E-state index in [4.69, 9.17) is 4.74 Å². The van der Waals surface area contributed by atoms with Crippen LogP contribution in [-0.4, -0.2) is 48.9 Å². The third-order valence-electron chi connectivity index (χ3n) is 4.21. The first-order valence-corrected chi connectivity index (χ1v) is 8.25. The molecule has 1 heterocycles.